The molecule has 16 heavy (non-hydrogen) atoms. The van der Waals surface area contributed by atoms with Gasteiger partial charge < -0.3 is 0 Å². The number of fused-ring (bicyclic) bond motifs is 3. The molecule has 1 aromatic heterocycles. The van der Waals surface area contributed by atoms with Gasteiger partial charge in [-0.2, -0.15) is 0 Å². The molecule has 0 unspecified atom stereocenters. The van der Waals surface area contributed by atoms with E-state index >= 15 is 0 Å². The summed E-state index contributed by atoms with van der Waals surface area (Å²) >= 11 is 3.12. The SMILES string of the molecule is Cc1cccc2c3c(c(=O)sc12)C=CCS3. The fourth-order valence-corrected chi connectivity index (χ4v) is 4.05. The van der Waals surface area contributed by atoms with Crippen LogP contribution in [0.4, 0.5) is 0 Å². The van der Waals surface area contributed by atoms with Gasteiger partial charge in [-0.05, 0) is 12.5 Å². The van der Waals surface area contributed by atoms with Crippen LogP contribution in [0.3, 0.4) is 0 Å². The second-order valence-corrected chi connectivity index (χ2v) is 5.81. The zero-order valence-electron chi connectivity index (χ0n) is 8.82. The molecular formula is C13H10OS2. The molecule has 3 heteroatoms. The van der Waals surface area contributed by atoms with Crippen molar-refractivity contribution in [1.82, 2.24) is 0 Å². The van der Waals surface area contributed by atoms with Crippen molar-refractivity contribution < 1.29 is 0 Å². The molecule has 0 atom stereocenters. The molecule has 3 rings (SSSR count). The maximum atomic E-state index is 12.0. The molecule has 2 aromatic rings. The summed E-state index contributed by atoms with van der Waals surface area (Å²) in [7, 11) is 0. The van der Waals surface area contributed by atoms with Crippen molar-refractivity contribution in [3.63, 3.8) is 0 Å². The fraction of sp³-hybridized carbons (Fsp3) is 0.154. The highest BCUT2D eigenvalue weighted by Gasteiger charge is 2.14. The minimum atomic E-state index is 0.181. The van der Waals surface area contributed by atoms with Crippen molar-refractivity contribution in [1.29, 1.82) is 0 Å². The molecule has 1 nitrogen and oxygen atoms in total. The van der Waals surface area contributed by atoms with Crippen LogP contribution >= 0.6 is 23.1 Å². The first-order valence-electron chi connectivity index (χ1n) is 5.13. The summed E-state index contributed by atoms with van der Waals surface area (Å²) in [6, 6.07) is 6.24. The van der Waals surface area contributed by atoms with Crippen molar-refractivity contribution >= 4 is 39.3 Å². The predicted molar refractivity (Wildman–Crippen MR) is 72.6 cm³/mol. The van der Waals surface area contributed by atoms with Crippen LogP contribution in [0.25, 0.3) is 16.2 Å². The van der Waals surface area contributed by atoms with Crippen molar-refractivity contribution in [2.45, 2.75) is 11.8 Å². The molecule has 0 saturated heterocycles. The minimum absolute atomic E-state index is 0.181. The van der Waals surface area contributed by atoms with Gasteiger partial charge >= 0.3 is 0 Å². The highest BCUT2D eigenvalue weighted by atomic mass is 32.2. The normalized spacial score (nSPS) is 14.1. The van der Waals surface area contributed by atoms with E-state index in [-0.39, 0.29) is 4.74 Å². The van der Waals surface area contributed by atoms with Crippen LogP contribution < -0.4 is 4.74 Å². The summed E-state index contributed by atoms with van der Waals surface area (Å²) in [4.78, 5) is 13.1. The average Bonchev–Trinajstić information content (AvgIpc) is 2.31. The fourth-order valence-electron chi connectivity index (χ4n) is 1.95. The van der Waals surface area contributed by atoms with E-state index in [1.165, 1.54) is 22.3 Å². The zero-order chi connectivity index (χ0) is 11.1. The minimum Gasteiger partial charge on any atom is -0.277 e. The molecule has 2 heterocycles. The summed E-state index contributed by atoms with van der Waals surface area (Å²) < 4.78 is 1.31. The number of benzene rings is 1. The Bertz CT molecular complexity index is 653. The Morgan fingerprint density at radius 1 is 1.31 bits per heavy atom. The van der Waals surface area contributed by atoms with Gasteiger partial charge in [-0.15, -0.1) is 11.8 Å². The molecule has 0 aliphatic carbocycles. The molecule has 0 bridgehead atoms. The smallest absolute Gasteiger partial charge is 0.241 e. The maximum Gasteiger partial charge on any atom is 0.241 e. The molecule has 0 spiro atoms. The van der Waals surface area contributed by atoms with Gasteiger partial charge in [0.2, 0.25) is 4.74 Å². The van der Waals surface area contributed by atoms with E-state index in [1.54, 1.807) is 11.8 Å². The largest absolute Gasteiger partial charge is 0.277 e. The van der Waals surface area contributed by atoms with Gasteiger partial charge in [0.15, 0.2) is 0 Å². The highest BCUT2D eigenvalue weighted by molar-refractivity contribution is 7.99. The Hall–Kier alpha value is -1.06. The van der Waals surface area contributed by atoms with Gasteiger partial charge in [0.05, 0.1) is 0 Å². The maximum absolute atomic E-state index is 12.0. The van der Waals surface area contributed by atoms with Gasteiger partial charge in [0, 0.05) is 26.3 Å². The summed E-state index contributed by atoms with van der Waals surface area (Å²) in [6.07, 6.45) is 4.02. The lowest BCUT2D eigenvalue weighted by atomic mass is 10.1. The molecule has 0 radical (unpaired) electrons. The first-order valence-corrected chi connectivity index (χ1v) is 6.93. The third-order valence-electron chi connectivity index (χ3n) is 2.72. The summed E-state index contributed by atoms with van der Waals surface area (Å²) in [6.45, 7) is 2.06. The number of hydrogen-bond donors (Lipinski definition) is 0. The third kappa shape index (κ3) is 1.43. The van der Waals surface area contributed by atoms with E-state index < -0.39 is 0 Å². The second kappa shape index (κ2) is 3.75. The van der Waals surface area contributed by atoms with Crippen molar-refractivity contribution in [2.24, 2.45) is 0 Å². The molecule has 1 aliphatic heterocycles. The number of aryl methyl sites for hydroxylation is 1. The van der Waals surface area contributed by atoms with E-state index in [4.69, 9.17) is 0 Å². The molecule has 80 valence electrons. The van der Waals surface area contributed by atoms with E-state index in [1.807, 2.05) is 6.08 Å². The van der Waals surface area contributed by atoms with Crippen molar-refractivity contribution in [2.75, 3.05) is 5.75 Å². The molecule has 0 N–H and O–H groups in total. The van der Waals surface area contributed by atoms with Crippen LogP contribution in [0.5, 0.6) is 0 Å². The molecule has 0 amide bonds. The monoisotopic (exact) mass is 246 g/mol. The quantitative estimate of drug-likeness (QED) is 0.705. The standard InChI is InChI=1S/C13H10OS2/c1-8-4-2-5-9-11(8)16-13(14)10-6-3-7-15-12(9)10/h2-6H,7H2,1H3. The van der Waals surface area contributed by atoms with Crippen molar-refractivity contribution in [3.8, 4) is 0 Å². The lowest BCUT2D eigenvalue weighted by Gasteiger charge is -2.12. The van der Waals surface area contributed by atoms with Crippen LogP contribution in [-0.4, -0.2) is 5.75 Å². The summed E-state index contributed by atoms with van der Waals surface area (Å²) in [5, 5.41) is 1.23. The van der Waals surface area contributed by atoms with Gasteiger partial charge in [0.1, 0.15) is 0 Å². The van der Waals surface area contributed by atoms with Crippen LogP contribution in [-0.2, 0) is 0 Å². The Balaban J connectivity index is 2.52. The van der Waals surface area contributed by atoms with Gasteiger partial charge in [0.25, 0.3) is 0 Å². The molecule has 0 saturated carbocycles. The third-order valence-corrected chi connectivity index (χ3v) is 4.96. The second-order valence-electron chi connectivity index (χ2n) is 3.80. The van der Waals surface area contributed by atoms with Gasteiger partial charge in [-0.3, -0.25) is 4.79 Å². The highest BCUT2D eigenvalue weighted by Crippen LogP contribution is 2.35. The number of thioether (sulfide) groups is 1. The predicted octanol–water partition coefficient (Wildman–Crippen LogP) is 3.69. The lowest BCUT2D eigenvalue weighted by molar-refractivity contribution is 1.45. The number of hydrogen-bond acceptors (Lipinski definition) is 3. The molecular weight excluding hydrogens is 236 g/mol. The molecule has 1 aliphatic rings. The van der Waals surface area contributed by atoms with E-state index in [2.05, 4.69) is 31.2 Å². The van der Waals surface area contributed by atoms with Crippen molar-refractivity contribution in [3.05, 3.63) is 44.9 Å². The number of rotatable bonds is 0. The van der Waals surface area contributed by atoms with Crippen LogP contribution in [0.1, 0.15) is 11.1 Å². The van der Waals surface area contributed by atoms with E-state index in [0.717, 1.165) is 20.9 Å². The van der Waals surface area contributed by atoms with E-state index in [0.29, 0.717) is 0 Å². The lowest BCUT2D eigenvalue weighted by Crippen LogP contribution is -2.04. The van der Waals surface area contributed by atoms with Crippen LogP contribution in [0.15, 0.2) is 34.0 Å². The Morgan fingerprint density at radius 3 is 3.06 bits per heavy atom. The first-order chi connectivity index (χ1) is 7.77. The Kier molecular flexibility index (Phi) is 2.37. The van der Waals surface area contributed by atoms with Crippen LogP contribution in [0, 0.1) is 6.92 Å². The zero-order valence-corrected chi connectivity index (χ0v) is 10.5. The molecule has 0 fully saturated rings. The summed E-state index contributed by atoms with van der Waals surface area (Å²) in [5.41, 5.74) is 2.07. The van der Waals surface area contributed by atoms with Crippen LogP contribution in [0.2, 0.25) is 0 Å². The topological polar surface area (TPSA) is 17.1 Å². The summed E-state index contributed by atoms with van der Waals surface area (Å²) in [5.74, 6) is 0.962. The van der Waals surface area contributed by atoms with E-state index in [9.17, 15) is 4.79 Å². The molecule has 1 aromatic carbocycles. The Labute approximate surface area is 102 Å². The Morgan fingerprint density at radius 2 is 2.19 bits per heavy atom. The van der Waals surface area contributed by atoms with Gasteiger partial charge in [-0.1, -0.05) is 41.7 Å². The van der Waals surface area contributed by atoms with Gasteiger partial charge in [-0.25, -0.2) is 0 Å². The average molecular weight is 246 g/mol. The first kappa shape index (κ1) is 10.1.